The van der Waals surface area contributed by atoms with E-state index in [0.717, 1.165) is 10.6 Å². The molecule has 0 aliphatic carbocycles. The average Bonchev–Trinajstić information content (AvgIpc) is 2.65. The van der Waals surface area contributed by atoms with Crippen molar-refractivity contribution in [2.24, 2.45) is 0 Å². The van der Waals surface area contributed by atoms with Gasteiger partial charge in [0.1, 0.15) is 23.9 Å². The van der Waals surface area contributed by atoms with Crippen LogP contribution in [0.25, 0.3) is 0 Å². The van der Waals surface area contributed by atoms with Gasteiger partial charge in [0, 0.05) is 7.05 Å². The van der Waals surface area contributed by atoms with Crippen LogP contribution in [0.1, 0.15) is 6.92 Å². The minimum atomic E-state index is -3.34. The summed E-state index contributed by atoms with van der Waals surface area (Å²) in [6.07, 6.45) is 0.369. The molecule has 0 aromatic heterocycles. The Morgan fingerprint density at radius 1 is 1.11 bits per heavy atom. The zero-order valence-corrected chi connectivity index (χ0v) is 16.7. The smallest absolute Gasteiger partial charge is 0.260 e. The summed E-state index contributed by atoms with van der Waals surface area (Å²) in [6.45, 7) is 2.10. The minimum absolute atomic E-state index is 0.233. The third-order valence-corrected chi connectivity index (χ3v) is 5.07. The first-order valence-electron chi connectivity index (χ1n) is 8.53. The van der Waals surface area contributed by atoms with Crippen LogP contribution in [0.3, 0.4) is 0 Å². The van der Waals surface area contributed by atoms with Gasteiger partial charge in [-0.2, -0.15) is 0 Å². The monoisotopic (exact) mass is 410 g/mol. The van der Waals surface area contributed by atoms with Gasteiger partial charge in [0.2, 0.25) is 10.0 Å². The molecule has 0 radical (unpaired) electrons. The molecule has 0 aliphatic rings. The SMILES string of the molecule is CC(Oc1ccc(N(C)S(C)(=O)=O)cc1)C(=O)NCCOc1ccc(F)cc1. The predicted octanol–water partition coefficient (Wildman–Crippen LogP) is 2.18. The summed E-state index contributed by atoms with van der Waals surface area (Å²) in [5, 5.41) is 2.68. The van der Waals surface area contributed by atoms with Gasteiger partial charge >= 0.3 is 0 Å². The topological polar surface area (TPSA) is 84.9 Å². The van der Waals surface area contributed by atoms with Crippen LogP contribution in [0.5, 0.6) is 11.5 Å². The van der Waals surface area contributed by atoms with Crippen molar-refractivity contribution in [3.05, 3.63) is 54.3 Å². The van der Waals surface area contributed by atoms with Crippen LogP contribution in [0.2, 0.25) is 0 Å². The lowest BCUT2D eigenvalue weighted by Gasteiger charge is -2.18. The van der Waals surface area contributed by atoms with E-state index >= 15 is 0 Å². The largest absolute Gasteiger partial charge is 0.492 e. The summed E-state index contributed by atoms with van der Waals surface area (Å²) in [7, 11) is -1.89. The number of benzene rings is 2. The van der Waals surface area contributed by atoms with Gasteiger partial charge in [0.15, 0.2) is 6.10 Å². The van der Waals surface area contributed by atoms with Gasteiger partial charge in [0.25, 0.3) is 5.91 Å². The number of carbonyl (C=O) groups is 1. The molecule has 9 heteroatoms. The van der Waals surface area contributed by atoms with E-state index in [4.69, 9.17) is 9.47 Å². The molecule has 0 spiro atoms. The summed E-state index contributed by atoms with van der Waals surface area (Å²) in [4.78, 5) is 12.1. The van der Waals surface area contributed by atoms with E-state index in [-0.39, 0.29) is 24.9 Å². The van der Waals surface area contributed by atoms with E-state index in [2.05, 4.69) is 5.32 Å². The lowest BCUT2D eigenvalue weighted by Crippen LogP contribution is -2.38. The number of nitrogens with zero attached hydrogens (tertiary/aromatic N) is 1. The van der Waals surface area contributed by atoms with Crippen molar-refractivity contribution < 1.29 is 27.1 Å². The number of rotatable bonds is 9. The Labute approximate surface area is 164 Å². The van der Waals surface area contributed by atoms with Crippen molar-refractivity contribution in [1.29, 1.82) is 0 Å². The highest BCUT2D eigenvalue weighted by atomic mass is 32.2. The number of amides is 1. The molecular formula is C19H23FN2O5S. The molecule has 1 unspecified atom stereocenters. The van der Waals surface area contributed by atoms with Crippen LogP contribution in [0, 0.1) is 5.82 Å². The number of hydrogen-bond acceptors (Lipinski definition) is 5. The molecule has 28 heavy (non-hydrogen) atoms. The Morgan fingerprint density at radius 2 is 1.68 bits per heavy atom. The Balaban J connectivity index is 1.77. The quantitative estimate of drug-likeness (QED) is 0.641. The number of carbonyl (C=O) groups excluding carboxylic acids is 1. The van der Waals surface area contributed by atoms with Gasteiger partial charge in [-0.15, -0.1) is 0 Å². The first-order valence-corrected chi connectivity index (χ1v) is 10.4. The Kier molecular flexibility index (Phi) is 7.22. The fourth-order valence-electron chi connectivity index (χ4n) is 2.20. The highest BCUT2D eigenvalue weighted by Gasteiger charge is 2.15. The molecule has 7 nitrogen and oxygen atoms in total. The number of halogens is 1. The standard InChI is InChI=1S/C19H23FN2O5S/c1-14(19(23)21-12-13-26-17-8-4-15(20)5-9-17)27-18-10-6-16(7-11-18)22(2)28(3,24)25/h4-11,14H,12-13H2,1-3H3,(H,21,23). The molecule has 1 amide bonds. The normalized spacial score (nSPS) is 12.1. The molecule has 1 N–H and O–H groups in total. The molecule has 0 heterocycles. The van der Waals surface area contributed by atoms with Crippen molar-refractivity contribution in [1.82, 2.24) is 5.32 Å². The third-order valence-electron chi connectivity index (χ3n) is 3.86. The van der Waals surface area contributed by atoms with Crippen LogP contribution in [0.15, 0.2) is 48.5 Å². The van der Waals surface area contributed by atoms with E-state index in [9.17, 15) is 17.6 Å². The summed E-state index contributed by atoms with van der Waals surface area (Å²) in [5.74, 6) is 0.289. The molecule has 2 aromatic carbocycles. The predicted molar refractivity (Wildman–Crippen MR) is 105 cm³/mol. The van der Waals surface area contributed by atoms with Crippen LogP contribution < -0.4 is 19.1 Å². The molecular weight excluding hydrogens is 387 g/mol. The van der Waals surface area contributed by atoms with E-state index in [0.29, 0.717) is 17.2 Å². The Hall–Kier alpha value is -2.81. The summed E-state index contributed by atoms with van der Waals surface area (Å²) >= 11 is 0. The van der Waals surface area contributed by atoms with Gasteiger partial charge in [-0.1, -0.05) is 0 Å². The molecule has 2 rings (SSSR count). The number of anilines is 1. The fourth-order valence-corrected chi connectivity index (χ4v) is 2.71. The summed E-state index contributed by atoms with van der Waals surface area (Å²) in [6, 6.07) is 12.0. The maximum absolute atomic E-state index is 12.8. The second kappa shape index (κ2) is 9.41. The first-order chi connectivity index (χ1) is 13.2. The minimum Gasteiger partial charge on any atom is -0.492 e. The molecule has 0 fully saturated rings. The van der Waals surface area contributed by atoms with Crippen molar-refractivity contribution in [3.63, 3.8) is 0 Å². The number of nitrogens with one attached hydrogen (secondary N) is 1. The summed E-state index contributed by atoms with van der Waals surface area (Å²) < 4.78 is 48.0. The lowest BCUT2D eigenvalue weighted by atomic mass is 10.3. The van der Waals surface area contributed by atoms with Crippen molar-refractivity contribution >= 4 is 21.6 Å². The third kappa shape index (κ3) is 6.41. The molecule has 152 valence electrons. The van der Waals surface area contributed by atoms with Gasteiger partial charge in [-0.05, 0) is 55.5 Å². The lowest BCUT2D eigenvalue weighted by molar-refractivity contribution is -0.127. The number of hydrogen-bond donors (Lipinski definition) is 1. The average molecular weight is 410 g/mol. The van der Waals surface area contributed by atoms with Gasteiger partial charge in [-0.3, -0.25) is 9.10 Å². The second-order valence-electron chi connectivity index (χ2n) is 6.08. The molecule has 0 bridgehead atoms. The maximum atomic E-state index is 12.8. The Bertz CT molecular complexity index is 886. The van der Waals surface area contributed by atoms with Gasteiger partial charge < -0.3 is 14.8 Å². The molecule has 1 atom stereocenters. The maximum Gasteiger partial charge on any atom is 0.260 e. The zero-order valence-electron chi connectivity index (χ0n) is 15.9. The zero-order chi connectivity index (χ0) is 20.7. The highest BCUT2D eigenvalue weighted by Crippen LogP contribution is 2.21. The van der Waals surface area contributed by atoms with E-state index < -0.39 is 16.1 Å². The number of ether oxygens (including phenoxy) is 2. The van der Waals surface area contributed by atoms with Crippen molar-refractivity contribution in [3.8, 4) is 11.5 Å². The van der Waals surface area contributed by atoms with Crippen LogP contribution >= 0.6 is 0 Å². The van der Waals surface area contributed by atoms with Gasteiger partial charge in [0.05, 0.1) is 18.5 Å². The van der Waals surface area contributed by atoms with E-state index in [1.54, 1.807) is 31.2 Å². The van der Waals surface area contributed by atoms with Crippen LogP contribution in [-0.4, -0.2) is 46.9 Å². The molecule has 0 aliphatic heterocycles. The Morgan fingerprint density at radius 3 is 2.25 bits per heavy atom. The van der Waals surface area contributed by atoms with Gasteiger partial charge in [-0.25, -0.2) is 12.8 Å². The van der Waals surface area contributed by atoms with Crippen LogP contribution in [0.4, 0.5) is 10.1 Å². The molecule has 0 saturated carbocycles. The highest BCUT2D eigenvalue weighted by molar-refractivity contribution is 7.92. The fraction of sp³-hybridized carbons (Fsp3) is 0.316. The molecule has 0 saturated heterocycles. The first kappa shape index (κ1) is 21.5. The summed E-state index contributed by atoms with van der Waals surface area (Å²) in [5.41, 5.74) is 0.491. The second-order valence-corrected chi connectivity index (χ2v) is 8.09. The van der Waals surface area contributed by atoms with Crippen molar-refractivity contribution in [2.75, 3.05) is 30.8 Å². The van der Waals surface area contributed by atoms with Crippen molar-refractivity contribution in [2.45, 2.75) is 13.0 Å². The van der Waals surface area contributed by atoms with E-state index in [1.165, 1.54) is 31.3 Å². The number of sulfonamides is 1. The van der Waals surface area contributed by atoms with Crippen LogP contribution in [-0.2, 0) is 14.8 Å². The van der Waals surface area contributed by atoms with E-state index in [1.807, 2.05) is 0 Å². The molecule has 2 aromatic rings.